The van der Waals surface area contributed by atoms with E-state index in [9.17, 15) is 8.78 Å². The zero-order valence-corrected chi connectivity index (χ0v) is 13.3. The molecule has 0 saturated carbocycles. The molecule has 2 unspecified atom stereocenters. The van der Waals surface area contributed by atoms with Crippen molar-refractivity contribution in [3.63, 3.8) is 0 Å². The van der Waals surface area contributed by atoms with Crippen LogP contribution in [0.25, 0.3) is 0 Å². The van der Waals surface area contributed by atoms with Crippen LogP contribution in [0.1, 0.15) is 23.7 Å². The number of aromatic nitrogens is 3. The predicted molar refractivity (Wildman–Crippen MR) is 80.4 cm³/mol. The molecule has 24 heavy (non-hydrogen) atoms. The van der Waals surface area contributed by atoms with Crippen molar-refractivity contribution in [2.24, 2.45) is 0 Å². The number of ether oxygens (including phenoxy) is 2. The normalized spacial score (nSPS) is 23.6. The number of nitrogens with zero attached hydrogens (tertiary/aromatic N) is 4. The molecule has 4 rings (SSSR count). The minimum Gasteiger partial charge on any atom is -0.491 e. The topological polar surface area (TPSA) is 52.4 Å². The van der Waals surface area contributed by atoms with Gasteiger partial charge in [-0.3, -0.25) is 4.90 Å². The van der Waals surface area contributed by atoms with Crippen molar-refractivity contribution in [3.8, 4) is 5.75 Å². The van der Waals surface area contributed by atoms with E-state index in [1.807, 2.05) is 4.68 Å². The summed E-state index contributed by atoms with van der Waals surface area (Å²) in [4.78, 5) is 2.12. The molecule has 2 atom stereocenters. The molecule has 1 aromatic heterocycles. The second kappa shape index (κ2) is 6.10. The lowest BCUT2D eigenvalue weighted by Gasteiger charge is -2.41. The highest BCUT2D eigenvalue weighted by Gasteiger charge is 2.36. The first-order chi connectivity index (χ1) is 11.7. The third-order valence-electron chi connectivity index (χ3n) is 4.74. The Labute approximate surface area is 138 Å². The van der Waals surface area contributed by atoms with Gasteiger partial charge in [-0.05, 0) is 12.5 Å². The Morgan fingerprint density at radius 2 is 2.25 bits per heavy atom. The summed E-state index contributed by atoms with van der Waals surface area (Å²) in [6.07, 6.45) is 2.65. The van der Waals surface area contributed by atoms with Crippen molar-refractivity contribution in [2.75, 3.05) is 20.2 Å². The fourth-order valence-corrected chi connectivity index (χ4v) is 3.51. The lowest BCUT2D eigenvalue weighted by molar-refractivity contribution is -0.0671. The Bertz CT molecular complexity index is 752. The van der Waals surface area contributed by atoms with Crippen molar-refractivity contribution in [3.05, 3.63) is 41.2 Å². The van der Waals surface area contributed by atoms with Crippen LogP contribution in [0.4, 0.5) is 8.78 Å². The fourth-order valence-electron chi connectivity index (χ4n) is 3.51. The Kier molecular flexibility index (Phi) is 3.93. The molecule has 2 aromatic rings. The number of hydrogen-bond donors (Lipinski definition) is 0. The number of halogens is 2. The Morgan fingerprint density at radius 3 is 3.08 bits per heavy atom. The molecule has 1 saturated heterocycles. The van der Waals surface area contributed by atoms with Gasteiger partial charge >= 0.3 is 0 Å². The third-order valence-corrected chi connectivity index (χ3v) is 4.74. The molecule has 2 aliphatic rings. The van der Waals surface area contributed by atoms with Gasteiger partial charge in [0.25, 0.3) is 0 Å². The summed E-state index contributed by atoms with van der Waals surface area (Å²) in [5, 5.41) is 8.10. The molecule has 8 heteroatoms. The molecule has 128 valence electrons. The van der Waals surface area contributed by atoms with Crippen molar-refractivity contribution in [2.45, 2.75) is 31.7 Å². The summed E-state index contributed by atoms with van der Waals surface area (Å²) in [6.45, 7) is 2.37. The largest absolute Gasteiger partial charge is 0.491 e. The average Bonchev–Trinajstić information content (AvgIpc) is 3.07. The maximum absolute atomic E-state index is 14.4. The van der Waals surface area contributed by atoms with Crippen molar-refractivity contribution >= 4 is 0 Å². The summed E-state index contributed by atoms with van der Waals surface area (Å²) < 4.78 is 40.5. The minimum absolute atomic E-state index is 0.0652. The number of benzene rings is 1. The van der Waals surface area contributed by atoms with Crippen LogP contribution in [0.15, 0.2) is 18.3 Å². The molecule has 6 nitrogen and oxygen atoms in total. The molecule has 0 bridgehead atoms. The molecule has 1 fully saturated rings. The Morgan fingerprint density at radius 1 is 1.38 bits per heavy atom. The van der Waals surface area contributed by atoms with Gasteiger partial charge in [0.05, 0.1) is 37.8 Å². The molecule has 0 N–H and O–H groups in total. The van der Waals surface area contributed by atoms with Gasteiger partial charge in [0.2, 0.25) is 0 Å². The first-order valence-electron chi connectivity index (χ1n) is 7.91. The van der Waals surface area contributed by atoms with Crippen LogP contribution in [0.3, 0.4) is 0 Å². The zero-order chi connectivity index (χ0) is 16.7. The summed E-state index contributed by atoms with van der Waals surface area (Å²) >= 11 is 0. The standard InChI is InChI=1S/C16H18F2N4O2/c1-23-16-12(17)3-2-10(15(16)18)7-21-5-4-14-13(8-21)22-11(9-24-14)6-19-20-22/h2-3,6,13-14H,4-5,7-9H2,1H3. The molecule has 0 aliphatic carbocycles. The van der Waals surface area contributed by atoms with E-state index in [0.29, 0.717) is 25.3 Å². The number of hydrogen-bond acceptors (Lipinski definition) is 5. The lowest BCUT2D eigenvalue weighted by atomic mass is 9.99. The van der Waals surface area contributed by atoms with E-state index in [2.05, 4.69) is 15.2 Å². The smallest absolute Gasteiger partial charge is 0.190 e. The van der Waals surface area contributed by atoms with Crippen LogP contribution in [0, 0.1) is 11.6 Å². The highest BCUT2D eigenvalue weighted by molar-refractivity contribution is 5.32. The summed E-state index contributed by atoms with van der Waals surface area (Å²) in [6, 6.07) is 2.77. The van der Waals surface area contributed by atoms with Crippen LogP contribution in [0.2, 0.25) is 0 Å². The molecular weight excluding hydrogens is 318 g/mol. The fraction of sp³-hybridized carbons (Fsp3) is 0.500. The van der Waals surface area contributed by atoms with Gasteiger partial charge in [-0.15, -0.1) is 5.10 Å². The molecule has 3 heterocycles. The van der Waals surface area contributed by atoms with Crippen molar-refractivity contribution in [1.82, 2.24) is 19.9 Å². The molecule has 0 radical (unpaired) electrons. The summed E-state index contributed by atoms with van der Waals surface area (Å²) in [7, 11) is 1.27. The van der Waals surface area contributed by atoms with E-state index in [-0.39, 0.29) is 17.9 Å². The van der Waals surface area contributed by atoms with Gasteiger partial charge in [-0.25, -0.2) is 13.5 Å². The van der Waals surface area contributed by atoms with Crippen molar-refractivity contribution in [1.29, 1.82) is 0 Å². The van der Waals surface area contributed by atoms with Gasteiger partial charge in [0.1, 0.15) is 0 Å². The van der Waals surface area contributed by atoms with Crippen LogP contribution in [0.5, 0.6) is 5.75 Å². The van der Waals surface area contributed by atoms with E-state index in [4.69, 9.17) is 9.47 Å². The SMILES string of the molecule is COc1c(F)ccc(CN2CCC3OCc4cnnn4C3C2)c1F. The highest BCUT2D eigenvalue weighted by Crippen LogP contribution is 2.32. The van der Waals surface area contributed by atoms with Crippen LogP contribution >= 0.6 is 0 Å². The number of fused-ring (bicyclic) bond motifs is 3. The molecular formula is C16H18F2N4O2. The minimum atomic E-state index is -0.689. The van der Waals surface area contributed by atoms with Gasteiger partial charge in [0.15, 0.2) is 17.4 Å². The Hall–Kier alpha value is -2.06. The van der Waals surface area contributed by atoms with Crippen molar-refractivity contribution < 1.29 is 18.3 Å². The predicted octanol–water partition coefficient (Wildman–Crippen LogP) is 1.91. The second-order valence-corrected chi connectivity index (χ2v) is 6.16. The molecule has 1 aromatic carbocycles. The maximum atomic E-state index is 14.4. The molecule has 2 aliphatic heterocycles. The van der Waals surface area contributed by atoms with Crippen LogP contribution in [-0.4, -0.2) is 46.2 Å². The van der Waals surface area contributed by atoms with Crippen LogP contribution in [-0.2, 0) is 17.9 Å². The zero-order valence-electron chi connectivity index (χ0n) is 13.3. The number of methoxy groups -OCH3 is 1. The van der Waals surface area contributed by atoms with Gasteiger partial charge in [-0.2, -0.15) is 0 Å². The average molecular weight is 336 g/mol. The first kappa shape index (κ1) is 15.5. The summed E-state index contributed by atoms with van der Waals surface area (Å²) in [5.41, 5.74) is 1.37. The van der Waals surface area contributed by atoms with E-state index >= 15 is 0 Å². The third kappa shape index (κ3) is 2.55. The maximum Gasteiger partial charge on any atom is 0.190 e. The molecule has 0 spiro atoms. The Balaban J connectivity index is 1.54. The van der Waals surface area contributed by atoms with E-state index < -0.39 is 11.6 Å². The van der Waals surface area contributed by atoms with E-state index in [1.54, 1.807) is 6.20 Å². The monoisotopic (exact) mass is 336 g/mol. The second-order valence-electron chi connectivity index (χ2n) is 6.16. The van der Waals surface area contributed by atoms with Gasteiger partial charge < -0.3 is 9.47 Å². The first-order valence-corrected chi connectivity index (χ1v) is 7.91. The number of likely N-dealkylation sites (tertiary alicyclic amines) is 1. The van der Waals surface area contributed by atoms with E-state index in [0.717, 1.165) is 18.7 Å². The number of rotatable bonds is 3. The summed E-state index contributed by atoms with van der Waals surface area (Å²) in [5.74, 6) is -1.66. The number of piperidine rings is 1. The quantitative estimate of drug-likeness (QED) is 0.857. The van der Waals surface area contributed by atoms with Crippen LogP contribution < -0.4 is 4.74 Å². The van der Waals surface area contributed by atoms with Gasteiger partial charge in [-0.1, -0.05) is 11.3 Å². The molecule has 0 amide bonds. The van der Waals surface area contributed by atoms with Gasteiger partial charge in [0, 0.05) is 25.2 Å². The van der Waals surface area contributed by atoms with E-state index in [1.165, 1.54) is 19.2 Å². The highest BCUT2D eigenvalue weighted by atomic mass is 19.1. The lowest BCUT2D eigenvalue weighted by Crippen LogP contribution is -2.47.